The summed E-state index contributed by atoms with van der Waals surface area (Å²) in [6.07, 6.45) is 3.17. The molecular formula is C11H10N4OS2. The Morgan fingerprint density at radius 3 is 2.67 bits per heavy atom. The first-order valence-corrected chi connectivity index (χ1v) is 6.28. The third kappa shape index (κ3) is 2.88. The van der Waals surface area contributed by atoms with Crippen molar-refractivity contribution < 1.29 is 4.79 Å². The Morgan fingerprint density at radius 2 is 2.17 bits per heavy atom. The second-order valence-corrected chi connectivity index (χ2v) is 5.20. The van der Waals surface area contributed by atoms with Crippen LogP contribution in [0.4, 0.5) is 5.13 Å². The SMILES string of the molecule is Cc1cnc(NC(=O)c2ccc(C(N)=S)cn2)s1. The molecule has 0 aliphatic carbocycles. The quantitative estimate of drug-likeness (QED) is 0.836. The zero-order chi connectivity index (χ0) is 13.1. The second-order valence-electron chi connectivity index (χ2n) is 3.53. The van der Waals surface area contributed by atoms with Crippen LogP contribution >= 0.6 is 23.6 Å². The van der Waals surface area contributed by atoms with Crippen LogP contribution in [-0.2, 0) is 0 Å². The maximum absolute atomic E-state index is 11.8. The minimum atomic E-state index is -0.307. The number of thiocarbonyl (C=S) groups is 1. The van der Waals surface area contributed by atoms with Gasteiger partial charge in [0.15, 0.2) is 5.13 Å². The van der Waals surface area contributed by atoms with E-state index in [1.165, 1.54) is 17.5 Å². The van der Waals surface area contributed by atoms with Gasteiger partial charge >= 0.3 is 0 Å². The molecule has 2 aromatic heterocycles. The van der Waals surface area contributed by atoms with Gasteiger partial charge in [-0.25, -0.2) is 4.98 Å². The highest BCUT2D eigenvalue weighted by molar-refractivity contribution is 7.80. The molecule has 0 unspecified atom stereocenters. The van der Waals surface area contributed by atoms with Crippen molar-refractivity contribution in [2.24, 2.45) is 5.73 Å². The molecule has 2 aromatic rings. The summed E-state index contributed by atoms with van der Waals surface area (Å²) in [6.45, 7) is 1.92. The number of hydrogen-bond acceptors (Lipinski definition) is 5. The third-order valence-electron chi connectivity index (χ3n) is 2.12. The van der Waals surface area contributed by atoms with Crippen molar-refractivity contribution in [3.8, 4) is 0 Å². The molecular weight excluding hydrogens is 268 g/mol. The lowest BCUT2D eigenvalue weighted by molar-refractivity contribution is 0.102. The average molecular weight is 278 g/mol. The van der Waals surface area contributed by atoms with Gasteiger partial charge in [0, 0.05) is 22.8 Å². The van der Waals surface area contributed by atoms with Gasteiger partial charge < -0.3 is 5.73 Å². The van der Waals surface area contributed by atoms with Crippen LogP contribution in [0, 0.1) is 6.92 Å². The standard InChI is InChI=1S/C11H10N4OS2/c1-6-4-14-11(18-6)15-10(16)8-3-2-7(5-13-8)9(12)17/h2-5H,1H3,(H2,12,17)(H,14,15,16). The number of aryl methyl sites for hydroxylation is 1. The maximum atomic E-state index is 11.8. The molecule has 2 rings (SSSR count). The normalized spacial score (nSPS) is 10.1. The molecule has 7 heteroatoms. The van der Waals surface area contributed by atoms with Crippen LogP contribution in [0.1, 0.15) is 20.9 Å². The molecule has 0 saturated carbocycles. The third-order valence-corrected chi connectivity index (χ3v) is 3.19. The highest BCUT2D eigenvalue weighted by Gasteiger charge is 2.09. The van der Waals surface area contributed by atoms with E-state index in [0.29, 0.717) is 16.4 Å². The first-order chi connectivity index (χ1) is 8.56. The molecule has 5 nitrogen and oxygen atoms in total. The van der Waals surface area contributed by atoms with E-state index in [9.17, 15) is 4.79 Å². The molecule has 0 aromatic carbocycles. The summed E-state index contributed by atoms with van der Waals surface area (Å²) in [5, 5.41) is 3.22. The Morgan fingerprint density at radius 1 is 1.39 bits per heavy atom. The zero-order valence-corrected chi connectivity index (χ0v) is 11.1. The van der Waals surface area contributed by atoms with E-state index < -0.39 is 0 Å². The summed E-state index contributed by atoms with van der Waals surface area (Å²) in [5.41, 5.74) is 6.37. The Bertz CT molecular complexity index is 591. The number of rotatable bonds is 3. The fourth-order valence-electron chi connectivity index (χ4n) is 1.25. The molecule has 0 saturated heterocycles. The van der Waals surface area contributed by atoms with E-state index in [1.807, 2.05) is 6.92 Å². The number of carbonyl (C=O) groups is 1. The van der Waals surface area contributed by atoms with Crippen LogP contribution in [0.2, 0.25) is 0 Å². The summed E-state index contributed by atoms with van der Waals surface area (Å²) < 4.78 is 0. The highest BCUT2D eigenvalue weighted by Crippen LogP contribution is 2.17. The first kappa shape index (κ1) is 12.6. The Hall–Kier alpha value is -1.86. The lowest BCUT2D eigenvalue weighted by atomic mass is 10.2. The van der Waals surface area contributed by atoms with Crippen molar-refractivity contribution in [3.63, 3.8) is 0 Å². The maximum Gasteiger partial charge on any atom is 0.276 e. The van der Waals surface area contributed by atoms with Crippen LogP contribution in [0.25, 0.3) is 0 Å². The van der Waals surface area contributed by atoms with Gasteiger partial charge in [0.25, 0.3) is 5.91 Å². The van der Waals surface area contributed by atoms with Gasteiger partial charge in [0.05, 0.1) is 0 Å². The number of anilines is 1. The number of nitrogens with two attached hydrogens (primary N) is 1. The minimum Gasteiger partial charge on any atom is -0.389 e. The fraction of sp³-hybridized carbons (Fsp3) is 0.0909. The highest BCUT2D eigenvalue weighted by atomic mass is 32.1. The summed E-state index contributed by atoms with van der Waals surface area (Å²) in [4.78, 5) is 21.2. The summed E-state index contributed by atoms with van der Waals surface area (Å²) in [5.74, 6) is -0.307. The van der Waals surface area contributed by atoms with E-state index in [2.05, 4.69) is 15.3 Å². The molecule has 18 heavy (non-hydrogen) atoms. The molecule has 2 heterocycles. The van der Waals surface area contributed by atoms with Gasteiger partial charge in [0.2, 0.25) is 0 Å². The number of carbonyl (C=O) groups excluding carboxylic acids is 1. The van der Waals surface area contributed by atoms with Crippen LogP contribution in [0.3, 0.4) is 0 Å². The summed E-state index contributed by atoms with van der Waals surface area (Å²) >= 11 is 6.21. The number of aromatic nitrogens is 2. The smallest absolute Gasteiger partial charge is 0.276 e. The van der Waals surface area contributed by atoms with Gasteiger partial charge in [-0.15, -0.1) is 11.3 Å². The van der Waals surface area contributed by atoms with Crippen molar-refractivity contribution in [2.45, 2.75) is 6.92 Å². The van der Waals surface area contributed by atoms with Gasteiger partial charge in [-0.05, 0) is 19.1 Å². The van der Waals surface area contributed by atoms with Crippen molar-refractivity contribution in [3.05, 3.63) is 40.7 Å². The van der Waals surface area contributed by atoms with Gasteiger partial charge in [-0.3, -0.25) is 15.1 Å². The second kappa shape index (κ2) is 5.19. The Labute approximate surface area is 113 Å². The molecule has 0 spiro atoms. The lowest BCUT2D eigenvalue weighted by Crippen LogP contribution is -2.15. The Balaban J connectivity index is 2.11. The zero-order valence-electron chi connectivity index (χ0n) is 9.51. The molecule has 92 valence electrons. The molecule has 3 N–H and O–H groups in total. The molecule has 0 atom stereocenters. The predicted molar refractivity (Wildman–Crippen MR) is 74.9 cm³/mol. The minimum absolute atomic E-state index is 0.255. The number of hydrogen-bond donors (Lipinski definition) is 2. The van der Waals surface area contributed by atoms with Crippen LogP contribution in [-0.4, -0.2) is 20.9 Å². The number of pyridine rings is 1. The largest absolute Gasteiger partial charge is 0.389 e. The van der Waals surface area contributed by atoms with E-state index >= 15 is 0 Å². The van der Waals surface area contributed by atoms with E-state index in [-0.39, 0.29) is 10.9 Å². The van der Waals surface area contributed by atoms with Gasteiger partial charge in [0.1, 0.15) is 10.7 Å². The first-order valence-electron chi connectivity index (χ1n) is 5.06. The fourth-order valence-corrected chi connectivity index (χ4v) is 2.03. The van der Waals surface area contributed by atoms with Crippen LogP contribution < -0.4 is 11.1 Å². The topological polar surface area (TPSA) is 80.9 Å². The number of thiazole rings is 1. The van der Waals surface area contributed by atoms with Crippen LogP contribution in [0.15, 0.2) is 24.5 Å². The van der Waals surface area contributed by atoms with Crippen LogP contribution in [0.5, 0.6) is 0 Å². The summed E-state index contributed by atoms with van der Waals surface area (Å²) in [6, 6.07) is 3.24. The average Bonchev–Trinajstić information content (AvgIpc) is 2.75. The van der Waals surface area contributed by atoms with Crippen molar-refractivity contribution >= 4 is 39.6 Å². The monoisotopic (exact) mass is 278 g/mol. The predicted octanol–water partition coefficient (Wildman–Crippen LogP) is 1.73. The Kier molecular flexibility index (Phi) is 3.63. The van der Waals surface area contributed by atoms with Gasteiger partial charge in [-0.1, -0.05) is 12.2 Å². The van der Waals surface area contributed by atoms with E-state index in [0.717, 1.165) is 4.88 Å². The number of nitrogens with zero attached hydrogens (tertiary/aromatic N) is 2. The van der Waals surface area contributed by atoms with Gasteiger partial charge in [-0.2, -0.15) is 0 Å². The molecule has 0 bridgehead atoms. The number of amides is 1. The molecule has 0 aliphatic rings. The van der Waals surface area contributed by atoms with Crippen molar-refractivity contribution in [1.82, 2.24) is 9.97 Å². The molecule has 0 aliphatic heterocycles. The van der Waals surface area contributed by atoms with E-state index in [4.69, 9.17) is 18.0 Å². The molecule has 0 fully saturated rings. The molecule has 1 amide bonds. The van der Waals surface area contributed by atoms with Crippen molar-refractivity contribution in [1.29, 1.82) is 0 Å². The number of nitrogens with one attached hydrogen (secondary N) is 1. The van der Waals surface area contributed by atoms with E-state index in [1.54, 1.807) is 18.3 Å². The molecule has 0 radical (unpaired) electrons. The lowest BCUT2D eigenvalue weighted by Gasteiger charge is -2.02. The summed E-state index contributed by atoms with van der Waals surface area (Å²) in [7, 11) is 0. The van der Waals surface area contributed by atoms with Crippen molar-refractivity contribution in [2.75, 3.05) is 5.32 Å².